The highest BCUT2D eigenvalue weighted by molar-refractivity contribution is 5.97. The summed E-state index contributed by atoms with van der Waals surface area (Å²) in [6, 6.07) is 4.62. The molecule has 92 valence electrons. The van der Waals surface area contributed by atoms with Crippen molar-refractivity contribution in [2.24, 2.45) is 11.7 Å². The van der Waals surface area contributed by atoms with Crippen molar-refractivity contribution in [3.05, 3.63) is 29.6 Å². The van der Waals surface area contributed by atoms with E-state index in [4.69, 9.17) is 5.73 Å². The Hall–Kier alpha value is -1.42. The Morgan fingerprint density at radius 2 is 2.35 bits per heavy atom. The summed E-state index contributed by atoms with van der Waals surface area (Å²) < 4.78 is 13.2. The number of nitrogens with two attached hydrogens (primary N) is 1. The Kier molecular flexibility index (Phi) is 3.43. The quantitative estimate of drug-likeness (QED) is 0.868. The molecule has 1 unspecified atom stereocenters. The average molecular weight is 236 g/mol. The van der Waals surface area contributed by atoms with Crippen LogP contribution in [0.1, 0.15) is 18.9 Å². The monoisotopic (exact) mass is 236 g/mol. The van der Waals surface area contributed by atoms with Crippen molar-refractivity contribution in [1.29, 1.82) is 0 Å². The Bertz CT molecular complexity index is 429. The fourth-order valence-corrected chi connectivity index (χ4v) is 2.24. The number of amides is 1. The maximum Gasteiger partial charge on any atom is 0.231 e. The molecule has 1 aliphatic heterocycles. The first kappa shape index (κ1) is 12.0. The van der Waals surface area contributed by atoms with Crippen LogP contribution in [0.3, 0.4) is 0 Å². The van der Waals surface area contributed by atoms with E-state index in [0.29, 0.717) is 18.8 Å². The number of carbonyl (C=O) groups is 1. The molecular weight excluding hydrogens is 219 g/mol. The Labute approximate surface area is 100 Å². The van der Waals surface area contributed by atoms with Gasteiger partial charge in [-0.1, -0.05) is 13.0 Å². The highest BCUT2D eigenvalue weighted by Crippen LogP contribution is 2.30. The zero-order valence-electron chi connectivity index (χ0n) is 9.95. The molecule has 0 bridgehead atoms. The van der Waals surface area contributed by atoms with Crippen molar-refractivity contribution in [3.8, 4) is 0 Å². The van der Waals surface area contributed by atoms with Crippen LogP contribution in [0.5, 0.6) is 0 Å². The highest BCUT2D eigenvalue weighted by atomic mass is 19.1. The summed E-state index contributed by atoms with van der Waals surface area (Å²) in [5, 5.41) is 0. The molecule has 4 heteroatoms. The second-order valence-corrected chi connectivity index (χ2v) is 4.35. The lowest BCUT2D eigenvalue weighted by Crippen LogP contribution is -2.38. The van der Waals surface area contributed by atoms with Gasteiger partial charge < -0.3 is 10.6 Å². The van der Waals surface area contributed by atoms with Crippen LogP contribution in [-0.2, 0) is 11.2 Å². The van der Waals surface area contributed by atoms with E-state index < -0.39 is 0 Å². The minimum atomic E-state index is -0.302. The summed E-state index contributed by atoms with van der Waals surface area (Å²) >= 11 is 0. The summed E-state index contributed by atoms with van der Waals surface area (Å²) in [5.41, 5.74) is 7.32. The van der Waals surface area contributed by atoms with Gasteiger partial charge in [0, 0.05) is 18.8 Å². The molecule has 2 N–H and O–H groups in total. The molecule has 0 saturated carbocycles. The Morgan fingerprint density at radius 3 is 3.00 bits per heavy atom. The van der Waals surface area contributed by atoms with Crippen LogP contribution >= 0.6 is 0 Å². The molecule has 0 fully saturated rings. The van der Waals surface area contributed by atoms with Crippen molar-refractivity contribution in [3.63, 3.8) is 0 Å². The summed E-state index contributed by atoms with van der Waals surface area (Å²) in [5.74, 6) is -0.451. The van der Waals surface area contributed by atoms with Gasteiger partial charge in [0.15, 0.2) is 0 Å². The molecule has 0 spiro atoms. The normalized spacial score (nSPS) is 15.8. The van der Waals surface area contributed by atoms with Gasteiger partial charge in [-0.05, 0) is 30.5 Å². The van der Waals surface area contributed by atoms with E-state index in [-0.39, 0.29) is 17.6 Å². The standard InChI is InChI=1S/C13H17FN2O/c1-2-9(8-15)13(17)16-6-5-10-3-4-11(14)7-12(10)16/h3-4,7,9H,2,5-6,8,15H2,1H3. The molecule has 0 saturated heterocycles. The Morgan fingerprint density at radius 1 is 1.59 bits per heavy atom. The summed E-state index contributed by atoms with van der Waals surface area (Å²) in [6.45, 7) is 2.92. The third kappa shape index (κ3) is 2.17. The molecule has 0 radical (unpaired) electrons. The van der Waals surface area contributed by atoms with Gasteiger partial charge in [-0.2, -0.15) is 0 Å². The van der Waals surface area contributed by atoms with Gasteiger partial charge in [-0.25, -0.2) is 4.39 Å². The van der Waals surface area contributed by atoms with Crippen LogP contribution in [0.4, 0.5) is 10.1 Å². The van der Waals surface area contributed by atoms with E-state index in [2.05, 4.69) is 0 Å². The second-order valence-electron chi connectivity index (χ2n) is 4.35. The summed E-state index contributed by atoms with van der Waals surface area (Å²) in [4.78, 5) is 13.9. The topological polar surface area (TPSA) is 46.3 Å². The van der Waals surface area contributed by atoms with Crippen molar-refractivity contribution in [1.82, 2.24) is 0 Å². The molecule has 17 heavy (non-hydrogen) atoms. The van der Waals surface area contributed by atoms with E-state index in [1.807, 2.05) is 6.92 Å². The summed E-state index contributed by atoms with van der Waals surface area (Å²) in [7, 11) is 0. The lowest BCUT2D eigenvalue weighted by Gasteiger charge is -2.22. The van der Waals surface area contributed by atoms with Gasteiger partial charge in [0.2, 0.25) is 5.91 Å². The van der Waals surface area contributed by atoms with Crippen LogP contribution in [0, 0.1) is 11.7 Å². The predicted molar refractivity (Wildman–Crippen MR) is 65.3 cm³/mol. The van der Waals surface area contributed by atoms with Gasteiger partial charge in [0.1, 0.15) is 5.82 Å². The van der Waals surface area contributed by atoms with Crippen LogP contribution in [-0.4, -0.2) is 19.0 Å². The molecule has 1 aromatic carbocycles. The molecule has 1 amide bonds. The Balaban J connectivity index is 2.27. The van der Waals surface area contributed by atoms with Crippen molar-refractivity contribution in [2.45, 2.75) is 19.8 Å². The fourth-order valence-electron chi connectivity index (χ4n) is 2.24. The fraction of sp³-hybridized carbons (Fsp3) is 0.462. The van der Waals surface area contributed by atoms with Gasteiger partial charge in [-0.15, -0.1) is 0 Å². The predicted octanol–water partition coefficient (Wildman–Crippen LogP) is 1.70. The van der Waals surface area contributed by atoms with Crippen LogP contribution in [0.15, 0.2) is 18.2 Å². The number of fused-ring (bicyclic) bond motifs is 1. The third-order valence-corrected chi connectivity index (χ3v) is 3.34. The van der Waals surface area contributed by atoms with Crippen molar-refractivity contribution >= 4 is 11.6 Å². The first-order valence-corrected chi connectivity index (χ1v) is 5.97. The number of carbonyl (C=O) groups excluding carboxylic acids is 1. The second kappa shape index (κ2) is 4.84. The van der Waals surface area contributed by atoms with Gasteiger partial charge >= 0.3 is 0 Å². The first-order valence-electron chi connectivity index (χ1n) is 5.97. The molecular formula is C13H17FN2O. The van der Waals surface area contributed by atoms with Crippen LogP contribution in [0.25, 0.3) is 0 Å². The molecule has 1 aliphatic rings. The van der Waals surface area contributed by atoms with Gasteiger partial charge in [-0.3, -0.25) is 4.79 Å². The van der Waals surface area contributed by atoms with E-state index >= 15 is 0 Å². The third-order valence-electron chi connectivity index (χ3n) is 3.34. The minimum absolute atomic E-state index is 0.0133. The van der Waals surface area contributed by atoms with Crippen molar-refractivity contribution in [2.75, 3.05) is 18.0 Å². The molecule has 0 aliphatic carbocycles. The largest absolute Gasteiger partial charge is 0.330 e. The molecule has 1 heterocycles. The first-order chi connectivity index (χ1) is 8.17. The van der Waals surface area contributed by atoms with E-state index in [9.17, 15) is 9.18 Å². The van der Waals surface area contributed by atoms with Gasteiger partial charge in [0.05, 0.1) is 5.92 Å². The van der Waals surface area contributed by atoms with E-state index in [0.717, 1.165) is 18.4 Å². The van der Waals surface area contributed by atoms with Crippen LogP contribution < -0.4 is 10.6 Å². The minimum Gasteiger partial charge on any atom is -0.330 e. The number of benzene rings is 1. The zero-order chi connectivity index (χ0) is 12.4. The number of nitrogens with zero attached hydrogens (tertiary/aromatic N) is 1. The SMILES string of the molecule is CCC(CN)C(=O)N1CCc2ccc(F)cc21. The molecule has 3 nitrogen and oxygen atoms in total. The smallest absolute Gasteiger partial charge is 0.231 e. The molecule has 0 aromatic heterocycles. The van der Waals surface area contributed by atoms with Gasteiger partial charge in [0.25, 0.3) is 0 Å². The molecule has 1 aromatic rings. The number of anilines is 1. The molecule has 1 atom stereocenters. The van der Waals surface area contributed by atoms with E-state index in [1.54, 1.807) is 11.0 Å². The zero-order valence-corrected chi connectivity index (χ0v) is 9.95. The lowest BCUT2D eigenvalue weighted by atomic mass is 10.1. The van der Waals surface area contributed by atoms with E-state index in [1.165, 1.54) is 12.1 Å². The lowest BCUT2D eigenvalue weighted by molar-refractivity contribution is -0.122. The molecule has 2 rings (SSSR count). The summed E-state index contributed by atoms with van der Waals surface area (Å²) in [6.07, 6.45) is 1.51. The van der Waals surface area contributed by atoms with Crippen LogP contribution in [0.2, 0.25) is 0 Å². The number of hydrogen-bond acceptors (Lipinski definition) is 2. The number of rotatable bonds is 3. The number of halogens is 1. The average Bonchev–Trinajstić information content (AvgIpc) is 2.73. The maximum absolute atomic E-state index is 13.2. The highest BCUT2D eigenvalue weighted by Gasteiger charge is 2.28. The van der Waals surface area contributed by atoms with Crippen molar-refractivity contribution < 1.29 is 9.18 Å². The maximum atomic E-state index is 13.2. The number of hydrogen-bond donors (Lipinski definition) is 1.